The van der Waals surface area contributed by atoms with Crippen LogP contribution in [0.4, 0.5) is 0 Å². The number of nitrogens with one attached hydrogen (secondary N) is 1. The Labute approximate surface area is 111 Å². The van der Waals surface area contributed by atoms with Gasteiger partial charge < -0.3 is 10.2 Å². The summed E-state index contributed by atoms with van der Waals surface area (Å²) in [4.78, 5) is 25.8. The van der Waals surface area contributed by atoms with Gasteiger partial charge in [0.1, 0.15) is 12.1 Å². The highest BCUT2D eigenvalue weighted by molar-refractivity contribution is 9.11. The first-order valence-corrected chi connectivity index (χ1v) is 6.61. The van der Waals surface area contributed by atoms with Crippen LogP contribution in [-0.2, 0) is 9.59 Å². The van der Waals surface area contributed by atoms with Crippen molar-refractivity contribution in [1.82, 2.24) is 10.2 Å². The van der Waals surface area contributed by atoms with E-state index >= 15 is 0 Å². The van der Waals surface area contributed by atoms with E-state index in [0.29, 0.717) is 17.4 Å². The fourth-order valence-corrected chi connectivity index (χ4v) is 2.37. The fourth-order valence-electron chi connectivity index (χ4n) is 2.10. The summed E-state index contributed by atoms with van der Waals surface area (Å²) in [6.45, 7) is 9.89. The number of nitrogens with zero attached hydrogens (tertiary/aromatic N) is 1. The standard InChI is InChI=1S/C12H19BrN2O2/c1-5-9-12(17)15(6-8(4)13)10(7(2)3)11(16)14-9/h7,9-10H,4-6H2,1-3H3,(H,14,16). The van der Waals surface area contributed by atoms with E-state index in [2.05, 4.69) is 27.8 Å². The summed E-state index contributed by atoms with van der Waals surface area (Å²) in [7, 11) is 0. The third-order valence-electron chi connectivity index (χ3n) is 2.88. The first kappa shape index (κ1) is 14.2. The van der Waals surface area contributed by atoms with E-state index in [-0.39, 0.29) is 17.7 Å². The average Bonchev–Trinajstić information content (AvgIpc) is 2.21. The molecule has 0 bridgehead atoms. The lowest BCUT2D eigenvalue weighted by Gasteiger charge is -2.40. The molecule has 0 aromatic carbocycles. The monoisotopic (exact) mass is 302 g/mol. The van der Waals surface area contributed by atoms with E-state index in [1.165, 1.54) is 0 Å². The van der Waals surface area contributed by atoms with Crippen LogP contribution in [0.25, 0.3) is 0 Å². The number of rotatable bonds is 4. The lowest BCUT2D eigenvalue weighted by molar-refractivity contribution is -0.150. The van der Waals surface area contributed by atoms with Crippen LogP contribution in [-0.4, -0.2) is 35.3 Å². The summed E-state index contributed by atoms with van der Waals surface area (Å²) in [6, 6.07) is -0.802. The SMILES string of the molecule is C=C(Br)CN1C(=O)C(CC)NC(=O)C1C(C)C. The quantitative estimate of drug-likeness (QED) is 0.858. The molecule has 2 amide bonds. The maximum absolute atomic E-state index is 12.2. The summed E-state index contributed by atoms with van der Waals surface area (Å²) < 4.78 is 0.709. The van der Waals surface area contributed by atoms with Crippen molar-refractivity contribution < 1.29 is 9.59 Å². The molecule has 1 saturated heterocycles. The Kier molecular flexibility index (Phi) is 4.74. The van der Waals surface area contributed by atoms with Crippen molar-refractivity contribution >= 4 is 27.7 Å². The highest BCUT2D eigenvalue weighted by Gasteiger charge is 2.40. The van der Waals surface area contributed by atoms with Crippen molar-refractivity contribution in [2.45, 2.75) is 39.3 Å². The van der Waals surface area contributed by atoms with Crippen molar-refractivity contribution in [2.75, 3.05) is 6.54 Å². The molecular formula is C12H19BrN2O2. The Bertz CT molecular complexity index is 341. The highest BCUT2D eigenvalue weighted by Crippen LogP contribution is 2.20. The van der Waals surface area contributed by atoms with Gasteiger partial charge in [0, 0.05) is 4.48 Å². The lowest BCUT2D eigenvalue weighted by Crippen LogP contribution is -2.64. The summed E-state index contributed by atoms with van der Waals surface area (Å²) >= 11 is 3.26. The Morgan fingerprint density at radius 2 is 2.12 bits per heavy atom. The summed E-state index contributed by atoms with van der Waals surface area (Å²) in [5.41, 5.74) is 0. The molecule has 0 radical (unpaired) electrons. The van der Waals surface area contributed by atoms with Gasteiger partial charge in [-0.1, -0.05) is 43.3 Å². The van der Waals surface area contributed by atoms with Crippen molar-refractivity contribution in [3.8, 4) is 0 Å². The van der Waals surface area contributed by atoms with Gasteiger partial charge in [0.25, 0.3) is 0 Å². The van der Waals surface area contributed by atoms with Gasteiger partial charge in [-0.15, -0.1) is 0 Å². The molecule has 4 nitrogen and oxygen atoms in total. The Hall–Kier alpha value is -0.840. The fraction of sp³-hybridized carbons (Fsp3) is 0.667. The van der Waals surface area contributed by atoms with Gasteiger partial charge in [-0.3, -0.25) is 9.59 Å². The molecule has 5 heteroatoms. The van der Waals surface area contributed by atoms with Gasteiger partial charge in [-0.05, 0) is 12.3 Å². The number of halogens is 1. The molecule has 0 spiro atoms. The van der Waals surface area contributed by atoms with E-state index in [4.69, 9.17) is 0 Å². The van der Waals surface area contributed by atoms with Crippen LogP contribution in [0.5, 0.6) is 0 Å². The predicted molar refractivity (Wildman–Crippen MR) is 70.6 cm³/mol. The number of amides is 2. The second-order valence-electron chi connectivity index (χ2n) is 4.64. The van der Waals surface area contributed by atoms with Gasteiger partial charge in [0.15, 0.2) is 0 Å². The van der Waals surface area contributed by atoms with E-state index in [0.717, 1.165) is 0 Å². The van der Waals surface area contributed by atoms with E-state index < -0.39 is 12.1 Å². The zero-order chi connectivity index (χ0) is 13.2. The zero-order valence-electron chi connectivity index (χ0n) is 10.5. The lowest BCUT2D eigenvalue weighted by atomic mass is 9.96. The number of hydrogen-bond donors (Lipinski definition) is 1. The van der Waals surface area contributed by atoms with Crippen molar-refractivity contribution in [3.63, 3.8) is 0 Å². The molecule has 0 aliphatic carbocycles. The largest absolute Gasteiger partial charge is 0.343 e. The minimum absolute atomic E-state index is 0.0219. The number of carbonyl (C=O) groups excluding carboxylic acids is 2. The third-order valence-corrected chi connectivity index (χ3v) is 3.13. The second-order valence-corrected chi connectivity index (χ2v) is 5.76. The average molecular weight is 303 g/mol. The summed E-state index contributed by atoms with van der Waals surface area (Å²) in [6.07, 6.45) is 0.612. The molecule has 0 aromatic heterocycles. The molecule has 1 N–H and O–H groups in total. The van der Waals surface area contributed by atoms with Crippen LogP contribution >= 0.6 is 15.9 Å². The van der Waals surface area contributed by atoms with Gasteiger partial charge in [-0.25, -0.2) is 0 Å². The van der Waals surface area contributed by atoms with Crippen LogP contribution in [0.3, 0.4) is 0 Å². The molecule has 1 aliphatic heterocycles. The zero-order valence-corrected chi connectivity index (χ0v) is 12.1. The number of carbonyl (C=O) groups is 2. The highest BCUT2D eigenvalue weighted by atomic mass is 79.9. The van der Waals surface area contributed by atoms with Crippen LogP contribution in [0.15, 0.2) is 11.1 Å². The predicted octanol–water partition coefficient (Wildman–Crippen LogP) is 1.66. The molecule has 1 rings (SSSR count). The van der Waals surface area contributed by atoms with Crippen LogP contribution in [0.1, 0.15) is 27.2 Å². The molecule has 96 valence electrons. The minimum Gasteiger partial charge on any atom is -0.343 e. The van der Waals surface area contributed by atoms with Crippen LogP contribution < -0.4 is 5.32 Å². The Morgan fingerprint density at radius 1 is 1.53 bits per heavy atom. The molecule has 2 unspecified atom stereocenters. The topological polar surface area (TPSA) is 49.4 Å². The van der Waals surface area contributed by atoms with E-state index in [1.807, 2.05) is 20.8 Å². The first-order valence-electron chi connectivity index (χ1n) is 5.82. The summed E-state index contributed by atoms with van der Waals surface area (Å²) in [5, 5.41) is 2.78. The molecule has 1 heterocycles. The molecule has 1 aliphatic rings. The minimum atomic E-state index is -0.403. The summed E-state index contributed by atoms with van der Waals surface area (Å²) in [5.74, 6) is -0.00444. The van der Waals surface area contributed by atoms with E-state index in [9.17, 15) is 9.59 Å². The van der Waals surface area contributed by atoms with Gasteiger partial charge in [0.2, 0.25) is 11.8 Å². The molecular weight excluding hydrogens is 284 g/mol. The smallest absolute Gasteiger partial charge is 0.246 e. The molecule has 2 atom stereocenters. The maximum atomic E-state index is 12.2. The van der Waals surface area contributed by atoms with Gasteiger partial charge in [0.05, 0.1) is 6.54 Å². The third kappa shape index (κ3) is 3.09. The molecule has 1 fully saturated rings. The van der Waals surface area contributed by atoms with Crippen molar-refractivity contribution in [3.05, 3.63) is 11.1 Å². The van der Waals surface area contributed by atoms with Gasteiger partial charge in [-0.2, -0.15) is 0 Å². The van der Waals surface area contributed by atoms with Crippen molar-refractivity contribution in [2.24, 2.45) is 5.92 Å². The Balaban J connectivity index is 2.99. The van der Waals surface area contributed by atoms with Crippen LogP contribution in [0, 0.1) is 5.92 Å². The van der Waals surface area contributed by atoms with E-state index in [1.54, 1.807) is 4.90 Å². The molecule has 0 aromatic rings. The Morgan fingerprint density at radius 3 is 2.53 bits per heavy atom. The van der Waals surface area contributed by atoms with Gasteiger partial charge >= 0.3 is 0 Å². The number of hydrogen-bond acceptors (Lipinski definition) is 2. The van der Waals surface area contributed by atoms with Crippen molar-refractivity contribution in [1.29, 1.82) is 0 Å². The van der Waals surface area contributed by atoms with Crippen LogP contribution in [0.2, 0.25) is 0 Å². The first-order chi connectivity index (χ1) is 7.88. The number of piperazine rings is 1. The molecule has 17 heavy (non-hydrogen) atoms. The maximum Gasteiger partial charge on any atom is 0.246 e. The normalized spacial score (nSPS) is 25.1. The second kappa shape index (κ2) is 5.67. The molecule has 0 saturated carbocycles.